The van der Waals surface area contributed by atoms with Crippen molar-refractivity contribution in [2.24, 2.45) is 5.73 Å². The Labute approximate surface area is 63.2 Å². The molecule has 0 aromatic rings. The van der Waals surface area contributed by atoms with E-state index in [1.54, 1.807) is 0 Å². The van der Waals surface area contributed by atoms with Gasteiger partial charge in [-0.05, 0) is 26.3 Å². The van der Waals surface area contributed by atoms with Gasteiger partial charge in [-0.2, -0.15) is 13.2 Å². The Morgan fingerprint density at radius 3 is 2.09 bits per heavy atom. The Morgan fingerprint density at radius 2 is 1.82 bits per heavy atom. The monoisotopic (exact) mass is 171 g/mol. The maximum atomic E-state index is 11.9. The molecule has 0 aliphatic rings. The van der Waals surface area contributed by atoms with E-state index in [0.717, 1.165) is 6.92 Å². The Hall–Kier alpha value is -0.290. The lowest BCUT2D eigenvalue weighted by Crippen LogP contribution is -2.42. The van der Waals surface area contributed by atoms with Crippen LogP contribution in [0.15, 0.2) is 0 Å². The Morgan fingerprint density at radius 1 is 1.36 bits per heavy atom. The van der Waals surface area contributed by atoms with Crippen LogP contribution in [0.25, 0.3) is 0 Å². The fraction of sp³-hybridized carbons (Fsp3) is 1.00. The molecule has 0 rings (SSSR count). The maximum Gasteiger partial charge on any atom is 0.416 e. The number of rotatable bonds is 3. The second-order valence-corrected chi connectivity index (χ2v) is 2.66. The molecule has 0 saturated heterocycles. The molecular formula is C6H12F3NO. The molecule has 0 aromatic carbocycles. The molecule has 0 radical (unpaired) electrons. The maximum absolute atomic E-state index is 11.9. The summed E-state index contributed by atoms with van der Waals surface area (Å²) in [6.45, 7) is 0.912. The van der Waals surface area contributed by atoms with Crippen LogP contribution in [0.1, 0.15) is 19.8 Å². The van der Waals surface area contributed by atoms with Gasteiger partial charge in [-0.3, -0.25) is 0 Å². The zero-order valence-electron chi connectivity index (χ0n) is 6.28. The summed E-state index contributed by atoms with van der Waals surface area (Å²) in [6.07, 6.45) is -4.72. The summed E-state index contributed by atoms with van der Waals surface area (Å²) < 4.78 is 35.6. The molecule has 2 nitrogen and oxygen atoms in total. The lowest BCUT2D eigenvalue weighted by molar-refractivity contribution is -0.255. The number of hydrogen-bond donors (Lipinski definition) is 2. The van der Waals surface area contributed by atoms with E-state index in [-0.39, 0.29) is 19.4 Å². The summed E-state index contributed by atoms with van der Waals surface area (Å²) in [5.74, 6) is 0. The summed E-state index contributed by atoms with van der Waals surface area (Å²) >= 11 is 0. The quantitative estimate of drug-likeness (QED) is 0.666. The highest BCUT2D eigenvalue weighted by Crippen LogP contribution is 2.33. The first kappa shape index (κ1) is 10.7. The van der Waals surface area contributed by atoms with Crippen LogP contribution in [0, 0.1) is 0 Å². The van der Waals surface area contributed by atoms with E-state index in [4.69, 9.17) is 10.8 Å². The van der Waals surface area contributed by atoms with Crippen molar-refractivity contribution >= 4 is 0 Å². The van der Waals surface area contributed by atoms with Gasteiger partial charge >= 0.3 is 6.18 Å². The van der Waals surface area contributed by atoms with Crippen molar-refractivity contribution in [3.8, 4) is 0 Å². The first-order valence-electron chi connectivity index (χ1n) is 3.30. The van der Waals surface area contributed by atoms with Crippen LogP contribution in [-0.2, 0) is 0 Å². The highest BCUT2D eigenvalue weighted by Gasteiger charge is 2.48. The molecule has 0 amide bonds. The molecule has 1 atom stereocenters. The van der Waals surface area contributed by atoms with Crippen molar-refractivity contribution in [3.63, 3.8) is 0 Å². The van der Waals surface area contributed by atoms with Gasteiger partial charge in [-0.25, -0.2) is 0 Å². The van der Waals surface area contributed by atoms with Crippen LogP contribution < -0.4 is 5.73 Å². The third kappa shape index (κ3) is 3.07. The molecule has 0 aromatic heterocycles. The molecule has 0 spiro atoms. The molecule has 0 aliphatic carbocycles. The van der Waals surface area contributed by atoms with E-state index in [1.807, 2.05) is 0 Å². The zero-order chi connectivity index (χ0) is 9.12. The summed E-state index contributed by atoms with van der Waals surface area (Å²) in [5, 5.41) is 8.80. The smallest absolute Gasteiger partial charge is 0.381 e. The third-order valence-corrected chi connectivity index (χ3v) is 1.48. The average molecular weight is 171 g/mol. The molecule has 0 aliphatic heterocycles. The topological polar surface area (TPSA) is 46.2 Å². The predicted molar refractivity (Wildman–Crippen MR) is 35.0 cm³/mol. The molecule has 3 N–H and O–H groups in total. The van der Waals surface area contributed by atoms with Gasteiger partial charge < -0.3 is 10.8 Å². The number of hydrogen-bond acceptors (Lipinski definition) is 2. The van der Waals surface area contributed by atoms with Gasteiger partial charge in [0.15, 0.2) is 5.60 Å². The lowest BCUT2D eigenvalue weighted by atomic mass is 10.00. The molecule has 1 unspecified atom stereocenters. The Bertz CT molecular complexity index is 121. The third-order valence-electron chi connectivity index (χ3n) is 1.48. The van der Waals surface area contributed by atoms with Crippen molar-refractivity contribution < 1.29 is 18.3 Å². The second kappa shape index (κ2) is 3.40. The largest absolute Gasteiger partial charge is 0.416 e. The molecular weight excluding hydrogens is 159 g/mol. The van der Waals surface area contributed by atoms with E-state index in [2.05, 4.69) is 0 Å². The minimum atomic E-state index is -4.55. The number of nitrogens with two attached hydrogens (primary N) is 1. The van der Waals surface area contributed by atoms with Crippen LogP contribution >= 0.6 is 0 Å². The Balaban J connectivity index is 4.00. The predicted octanol–water partition coefficient (Wildman–Crippen LogP) is 1.04. The van der Waals surface area contributed by atoms with Gasteiger partial charge in [0.1, 0.15) is 0 Å². The van der Waals surface area contributed by atoms with Gasteiger partial charge in [-0.1, -0.05) is 0 Å². The molecule has 5 heteroatoms. The summed E-state index contributed by atoms with van der Waals surface area (Å²) in [7, 11) is 0. The summed E-state index contributed by atoms with van der Waals surface area (Å²) in [6, 6.07) is 0. The zero-order valence-corrected chi connectivity index (χ0v) is 6.28. The van der Waals surface area contributed by atoms with Crippen molar-refractivity contribution in [2.45, 2.75) is 31.5 Å². The summed E-state index contributed by atoms with van der Waals surface area (Å²) in [5.41, 5.74) is 2.41. The number of halogens is 3. The summed E-state index contributed by atoms with van der Waals surface area (Å²) in [4.78, 5) is 0. The van der Waals surface area contributed by atoms with Gasteiger partial charge in [0, 0.05) is 0 Å². The average Bonchev–Trinajstić information content (AvgIpc) is 1.81. The first-order chi connectivity index (χ1) is 4.81. The second-order valence-electron chi connectivity index (χ2n) is 2.66. The fourth-order valence-electron chi connectivity index (χ4n) is 0.588. The van der Waals surface area contributed by atoms with Crippen LogP contribution in [-0.4, -0.2) is 23.4 Å². The van der Waals surface area contributed by atoms with E-state index in [9.17, 15) is 13.2 Å². The van der Waals surface area contributed by atoms with Crippen molar-refractivity contribution in [2.75, 3.05) is 6.54 Å². The lowest BCUT2D eigenvalue weighted by Gasteiger charge is -2.25. The normalized spacial score (nSPS) is 18.0. The number of aliphatic hydroxyl groups is 1. The first-order valence-corrected chi connectivity index (χ1v) is 3.30. The molecule has 0 heterocycles. The molecule has 68 valence electrons. The van der Waals surface area contributed by atoms with Gasteiger partial charge in [0.05, 0.1) is 0 Å². The SMILES string of the molecule is CC(O)(CCCN)C(F)(F)F. The van der Waals surface area contributed by atoms with Crippen LogP contribution in [0.4, 0.5) is 13.2 Å². The number of alkyl halides is 3. The van der Waals surface area contributed by atoms with Crippen molar-refractivity contribution in [1.82, 2.24) is 0 Å². The van der Waals surface area contributed by atoms with Gasteiger partial charge in [0.2, 0.25) is 0 Å². The Kier molecular flexibility index (Phi) is 3.31. The highest BCUT2D eigenvalue weighted by atomic mass is 19.4. The van der Waals surface area contributed by atoms with E-state index in [1.165, 1.54) is 0 Å². The highest BCUT2D eigenvalue weighted by molar-refractivity contribution is 4.80. The molecule has 0 saturated carbocycles. The van der Waals surface area contributed by atoms with E-state index >= 15 is 0 Å². The molecule has 11 heavy (non-hydrogen) atoms. The van der Waals surface area contributed by atoms with E-state index in [0.29, 0.717) is 0 Å². The van der Waals surface area contributed by atoms with Crippen molar-refractivity contribution in [1.29, 1.82) is 0 Å². The standard InChI is InChI=1S/C6H12F3NO/c1-5(11,3-2-4-10)6(7,8)9/h11H,2-4,10H2,1H3. The fourth-order valence-corrected chi connectivity index (χ4v) is 0.588. The molecule has 0 fully saturated rings. The van der Waals surface area contributed by atoms with E-state index < -0.39 is 11.8 Å². The van der Waals surface area contributed by atoms with Crippen LogP contribution in [0.2, 0.25) is 0 Å². The van der Waals surface area contributed by atoms with Crippen molar-refractivity contribution in [3.05, 3.63) is 0 Å². The van der Waals surface area contributed by atoms with Gasteiger partial charge in [-0.15, -0.1) is 0 Å². The minimum absolute atomic E-state index is 0.159. The van der Waals surface area contributed by atoms with Gasteiger partial charge in [0.25, 0.3) is 0 Å². The van der Waals surface area contributed by atoms with Crippen LogP contribution in [0.3, 0.4) is 0 Å². The minimum Gasteiger partial charge on any atom is -0.381 e. The molecule has 0 bridgehead atoms. The van der Waals surface area contributed by atoms with Crippen LogP contribution in [0.5, 0.6) is 0 Å².